The average molecular weight is 246 g/mol. The number of aromatic amines is 2. The highest BCUT2D eigenvalue weighted by atomic mass is 16.1. The summed E-state index contributed by atoms with van der Waals surface area (Å²) in [5.74, 6) is 0.857. The van der Waals surface area contributed by atoms with Crippen molar-refractivity contribution < 1.29 is 4.79 Å². The smallest absolute Gasteiger partial charge is 0.274 e. The van der Waals surface area contributed by atoms with Crippen LogP contribution in [0.15, 0.2) is 12.4 Å². The summed E-state index contributed by atoms with van der Waals surface area (Å²) in [6, 6.07) is 0. The number of anilines is 1. The maximum atomic E-state index is 11.9. The fourth-order valence-corrected chi connectivity index (χ4v) is 1.86. The molecular formula is C11H14N6O. The molecule has 7 nitrogen and oxygen atoms in total. The molecule has 5 N–H and O–H groups in total. The minimum atomic E-state index is -0.285. The van der Waals surface area contributed by atoms with Crippen LogP contribution in [-0.4, -0.2) is 26.1 Å². The van der Waals surface area contributed by atoms with Gasteiger partial charge in [-0.15, -0.1) is 0 Å². The third-order valence-corrected chi connectivity index (χ3v) is 3.01. The number of nitrogen functional groups attached to an aromatic ring is 1. The molecule has 0 aliphatic heterocycles. The van der Waals surface area contributed by atoms with Crippen molar-refractivity contribution in [2.24, 2.45) is 0 Å². The monoisotopic (exact) mass is 246 g/mol. The zero-order valence-corrected chi connectivity index (χ0v) is 9.73. The number of nitrogens with one attached hydrogen (secondary N) is 3. The van der Waals surface area contributed by atoms with Crippen molar-refractivity contribution in [3.63, 3.8) is 0 Å². The minimum Gasteiger partial charge on any atom is -0.395 e. The van der Waals surface area contributed by atoms with Crippen LogP contribution in [0.5, 0.6) is 0 Å². The summed E-state index contributed by atoms with van der Waals surface area (Å²) in [5.41, 5.74) is 7.54. The third-order valence-electron chi connectivity index (χ3n) is 3.01. The van der Waals surface area contributed by atoms with Crippen LogP contribution in [0.25, 0.3) is 0 Å². The van der Waals surface area contributed by atoms with Crippen LogP contribution in [0.4, 0.5) is 5.69 Å². The quantitative estimate of drug-likeness (QED) is 0.630. The lowest BCUT2D eigenvalue weighted by Gasteiger charge is -2.01. The van der Waals surface area contributed by atoms with Crippen LogP contribution in [0.2, 0.25) is 0 Å². The fraction of sp³-hybridized carbons (Fsp3) is 0.364. The fourth-order valence-electron chi connectivity index (χ4n) is 1.86. The molecule has 0 atom stereocenters. The van der Waals surface area contributed by atoms with E-state index in [0.29, 0.717) is 24.0 Å². The Morgan fingerprint density at radius 1 is 1.56 bits per heavy atom. The van der Waals surface area contributed by atoms with Crippen LogP contribution in [0.1, 0.15) is 40.8 Å². The Labute approximate surface area is 103 Å². The highest BCUT2D eigenvalue weighted by Gasteiger charge is 2.30. The van der Waals surface area contributed by atoms with Gasteiger partial charge in [-0.3, -0.25) is 9.89 Å². The Bertz CT molecular complexity index is 554. The molecule has 2 aromatic heterocycles. The first-order valence-corrected chi connectivity index (χ1v) is 5.86. The van der Waals surface area contributed by atoms with Gasteiger partial charge < -0.3 is 16.0 Å². The lowest BCUT2D eigenvalue weighted by molar-refractivity contribution is 0.0946. The van der Waals surface area contributed by atoms with Crippen molar-refractivity contribution in [2.45, 2.75) is 25.3 Å². The Hall–Kier alpha value is -2.31. The number of hydrogen-bond donors (Lipinski definition) is 4. The topological polar surface area (TPSA) is 112 Å². The van der Waals surface area contributed by atoms with Crippen LogP contribution in [0.3, 0.4) is 0 Å². The van der Waals surface area contributed by atoms with Crippen molar-refractivity contribution in [3.8, 4) is 0 Å². The first-order chi connectivity index (χ1) is 8.75. The molecule has 3 rings (SSSR count). The third kappa shape index (κ3) is 1.94. The van der Waals surface area contributed by atoms with E-state index >= 15 is 0 Å². The molecule has 0 aromatic carbocycles. The van der Waals surface area contributed by atoms with Gasteiger partial charge in [0.15, 0.2) is 5.69 Å². The Morgan fingerprint density at radius 2 is 2.39 bits per heavy atom. The largest absolute Gasteiger partial charge is 0.395 e. The van der Waals surface area contributed by atoms with Crippen LogP contribution in [0, 0.1) is 0 Å². The second-order valence-electron chi connectivity index (χ2n) is 4.39. The van der Waals surface area contributed by atoms with Gasteiger partial charge in [0, 0.05) is 18.3 Å². The number of nitrogens with two attached hydrogens (primary N) is 1. The number of aromatic nitrogens is 4. The molecule has 1 saturated carbocycles. The summed E-state index contributed by atoms with van der Waals surface area (Å²) < 4.78 is 0. The summed E-state index contributed by atoms with van der Waals surface area (Å²) in [6.07, 6.45) is 5.56. The number of carbonyl (C=O) groups is 1. The van der Waals surface area contributed by atoms with Gasteiger partial charge in [0.1, 0.15) is 5.82 Å². The van der Waals surface area contributed by atoms with E-state index in [0.717, 1.165) is 18.5 Å². The van der Waals surface area contributed by atoms with Gasteiger partial charge in [0.05, 0.1) is 17.9 Å². The van der Waals surface area contributed by atoms with Crippen LogP contribution < -0.4 is 11.1 Å². The highest BCUT2D eigenvalue weighted by Crippen LogP contribution is 2.42. The maximum absolute atomic E-state index is 11.9. The second kappa shape index (κ2) is 4.17. The average Bonchev–Trinajstić information content (AvgIpc) is 2.93. The minimum absolute atomic E-state index is 0.267. The van der Waals surface area contributed by atoms with Crippen molar-refractivity contribution in [1.82, 2.24) is 25.5 Å². The van der Waals surface area contributed by atoms with E-state index in [1.807, 2.05) is 0 Å². The number of carbonyl (C=O) groups excluding carboxylic acids is 1. The number of H-pyrrole nitrogens is 2. The van der Waals surface area contributed by atoms with Gasteiger partial charge in [-0.1, -0.05) is 0 Å². The van der Waals surface area contributed by atoms with E-state index in [1.54, 1.807) is 12.4 Å². The zero-order chi connectivity index (χ0) is 12.5. The van der Waals surface area contributed by atoms with Crippen molar-refractivity contribution in [1.29, 1.82) is 0 Å². The Kier molecular flexibility index (Phi) is 2.51. The van der Waals surface area contributed by atoms with Gasteiger partial charge in [-0.2, -0.15) is 5.10 Å². The molecule has 7 heteroatoms. The number of rotatable bonds is 4. The first-order valence-electron chi connectivity index (χ1n) is 5.86. The van der Waals surface area contributed by atoms with Gasteiger partial charge in [-0.25, -0.2) is 4.98 Å². The van der Waals surface area contributed by atoms with Crippen LogP contribution in [-0.2, 0) is 6.54 Å². The summed E-state index contributed by atoms with van der Waals surface area (Å²) in [5, 5.41) is 9.55. The molecule has 0 saturated heterocycles. The lowest BCUT2D eigenvalue weighted by atomic mass is 10.2. The summed E-state index contributed by atoms with van der Waals surface area (Å²) in [6.45, 7) is 0.330. The molecule has 18 heavy (non-hydrogen) atoms. The highest BCUT2D eigenvalue weighted by molar-refractivity contribution is 5.97. The van der Waals surface area contributed by atoms with E-state index in [4.69, 9.17) is 5.73 Å². The van der Waals surface area contributed by atoms with E-state index in [9.17, 15) is 4.79 Å². The molecule has 0 radical (unpaired) electrons. The molecule has 1 amide bonds. The lowest BCUT2D eigenvalue weighted by Crippen LogP contribution is -2.24. The summed E-state index contributed by atoms with van der Waals surface area (Å²) in [4.78, 5) is 18.8. The van der Waals surface area contributed by atoms with Crippen molar-refractivity contribution in [3.05, 3.63) is 29.6 Å². The zero-order valence-electron chi connectivity index (χ0n) is 9.73. The van der Waals surface area contributed by atoms with Gasteiger partial charge in [0.25, 0.3) is 5.91 Å². The number of nitrogens with zero attached hydrogens (tertiary/aromatic N) is 2. The summed E-state index contributed by atoms with van der Waals surface area (Å²) in [7, 11) is 0. The molecule has 1 aliphatic rings. The molecule has 1 aliphatic carbocycles. The Balaban J connectivity index is 1.68. The first kappa shape index (κ1) is 10.8. The SMILES string of the molecule is Nc1c(C(=O)NCc2ncc[nH]2)n[nH]c1C1CC1. The van der Waals surface area contributed by atoms with E-state index < -0.39 is 0 Å². The van der Waals surface area contributed by atoms with Gasteiger partial charge >= 0.3 is 0 Å². The predicted octanol–water partition coefficient (Wildman–Crippen LogP) is 0.522. The number of hydrogen-bond acceptors (Lipinski definition) is 4. The number of amides is 1. The number of imidazole rings is 1. The van der Waals surface area contributed by atoms with Gasteiger partial charge in [0.2, 0.25) is 0 Å². The molecule has 0 bridgehead atoms. The second-order valence-corrected chi connectivity index (χ2v) is 4.39. The Morgan fingerprint density at radius 3 is 3.06 bits per heavy atom. The molecule has 2 heterocycles. The van der Waals surface area contributed by atoms with Crippen molar-refractivity contribution in [2.75, 3.05) is 5.73 Å². The van der Waals surface area contributed by atoms with E-state index in [2.05, 4.69) is 25.5 Å². The molecule has 2 aromatic rings. The van der Waals surface area contributed by atoms with Gasteiger partial charge in [-0.05, 0) is 12.8 Å². The molecule has 0 unspecified atom stereocenters. The van der Waals surface area contributed by atoms with Crippen LogP contribution >= 0.6 is 0 Å². The molecular weight excluding hydrogens is 232 g/mol. The molecule has 0 spiro atoms. The maximum Gasteiger partial charge on any atom is 0.274 e. The molecule has 1 fully saturated rings. The normalized spacial score (nSPS) is 14.7. The molecule has 94 valence electrons. The van der Waals surface area contributed by atoms with E-state index in [-0.39, 0.29) is 11.6 Å². The van der Waals surface area contributed by atoms with Crippen molar-refractivity contribution >= 4 is 11.6 Å². The predicted molar refractivity (Wildman–Crippen MR) is 64.7 cm³/mol. The standard InChI is InChI=1S/C11H14N6O/c12-8-9(6-1-2-6)16-17-10(8)11(18)15-5-7-13-3-4-14-7/h3-4,6H,1-2,5,12H2,(H,13,14)(H,15,18)(H,16,17). The van der Waals surface area contributed by atoms with E-state index in [1.165, 1.54) is 0 Å². The summed E-state index contributed by atoms with van der Waals surface area (Å²) >= 11 is 0.